The topological polar surface area (TPSA) is 63.3 Å². The number of amides is 1. The van der Waals surface area contributed by atoms with Crippen LogP contribution >= 0.6 is 0 Å². The molecule has 2 heterocycles. The molecule has 0 bridgehead atoms. The Balaban J connectivity index is 1.79. The van der Waals surface area contributed by atoms with Gasteiger partial charge in [0.25, 0.3) is 5.91 Å². The highest BCUT2D eigenvalue weighted by Crippen LogP contribution is 2.20. The second kappa shape index (κ2) is 8.68. The molecular weight excluding hydrogens is 340 g/mol. The number of likely N-dealkylation sites (N-methyl/N-ethyl adjacent to an activating group) is 1. The molecule has 0 fully saturated rings. The minimum Gasteiger partial charge on any atom is -0.462 e. The van der Waals surface area contributed by atoms with E-state index < -0.39 is 0 Å². The molecule has 6 heteroatoms. The lowest BCUT2D eigenvalue weighted by Gasteiger charge is -2.19. The zero-order valence-corrected chi connectivity index (χ0v) is 16.1. The van der Waals surface area contributed by atoms with Crippen LogP contribution in [-0.2, 0) is 11.3 Å². The van der Waals surface area contributed by atoms with Crippen molar-refractivity contribution in [2.45, 2.75) is 27.3 Å². The molecule has 27 heavy (non-hydrogen) atoms. The van der Waals surface area contributed by atoms with Crippen LogP contribution in [0.3, 0.4) is 0 Å². The van der Waals surface area contributed by atoms with Crippen molar-refractivity contribution < 1.29 is 9.21 Å². The van der Waals surface area contributed by atoms with Crippen LogP contribution in [0.15, 0.2) is 46.9 Å². The van der Waals surface area contributed by atoms with Crippen molar-refractivity contribution in [2.24, 2.45) is 0 Å². The van der Waals surface area contributed by atoms with Gasteiger partial charge >= 0.3 is 0 Å². The zero-order valence-electron chi connectivity index (χ0n) is 16.1. The van der Waals surface area contributed by atoms with Crippen LogP contribution in [0.25, 0.3) is 17.1 Å². The number of furan rings is 1. The number of fused-ring (bicyclic) bond motifs is 1. The largest absolute Gasteiger partial charge is 0.462 e. The maximum atomic E-state index is 12.4. The lowest BCUT2D eigenvalue weighted by molar-refractivity contribution is -0.111. The minimum atomic E-state index is -0.233. The molecule has 0 atom stereocenters. The molecule has 1 aromatic carbocycles. The van der Waals surface area contributed by atoms with E-state index in [-0.39, 0.29) is 5.91 Å². The van der Waals surface area contributed by atoms with Gasteiger partial charge in [-0.05, 0) is 50.4 Å². The maximum absolute atomic E-state index is 12.4. The summed E-state index contributed by atoms with van der Waals surface area (Å²) in [5.74, 6) is 1.79. The van der Waals surface area contributed by atoms with Crippen LogP contribution in [0.1, 0.15) is 25.4 Å². The molecule has 0 unspecified atom stereocenters. The van der Waals surface area contributed by atoms with Crippen molar-refractivity contribution in [3.8, 4) is 0 Å². The second-order valence-electron chi connectivity index (χ2n) is 6.37. The number of benzene rings is 1. The van der Waals surface area contributed by atoms with Gasteiger partial charge in [0.05, 0.1) is 11.0 Å². The van der Waals surface area contributed by atoms with E-state index in [1.54, 1.807) is 6.08 Å². The molecule has 1 N–H and O–H groups in total. The molecule has 0 saturated heterocycles. The Kier molecular flexibility index (Phi) is 6.08. The van der Waals surface area contributed by atoms with Gasteiger partial charge in [0.1, 0.15) is 11.5 Å². The van der Waals surface area contributed by atoms with Crippen LogP contribution in [0.4, 0.5) is 5.95 Å². The van der Waals surface area contributed by atoms with Gasteiger partial charge in [-0.3, -0.25) is 10.1 Å². The molecule has 1 amide bonds. The fraction of sp³-hybridized carbons (Fsp3) is 0.333. The Hall–Kier alpha value is -2.86. The van der Waals surface area contributed by atoms with E-state index in [1.165, 1.54) is 6.08 Å². The van der Waals surface area contributed by atoms with Gasteiger partial charge in [0.15, 0.2) is 0 Å². The monoisotopic (exact) mass is 366 g/mol. The summed E-state index contributed by atoms with van der Waals surface area (Å²) >= 11 is 0. The maximum Gasteiger partial charge on any atom is 0.250 e. The molecular formula is C21H26N4O2. The van der Waals surface area contributed by atoms with Crippen molar-refractivity contribution >= 4 is 29.0 Å². The van der Waals surface area contributed by atoms with Gasteiger partial charge in [-0.15, -0.1) is 0 Å². The van der Waals surface area contributed by atoms with Crippen molar-refractivity contribution in [2.75, 3.05) is 25.0 Å². The average molecular weight is 366 g/mol. The number of anilines is 1. The van der Waals surface area contributed by atoms with Gasteiger partial charge in [-0.25, -0.2) is 4.98 Å². The first-order valence-corrected chi connectivity index (χ1v) is 9.33. The molecule has 142 valence electrons. The van der Waals surface area contributed by atoms with E-state index in [2.05, 4.69) is 33.6 Å². The summed E-state index contributed by atoms with van der Waals surface area (Å²) < 4.78 is 7.52. The van der Waals surface area contributed by atoms with Crippen LogP contribution < -0.4 is 5.32 Å². The third-order valence-electron chi connectivity index (χ3n) is 4.58. The first-order valence-electron chi connectivity index (χ1n) is 9.33. The number of rotatable bonds is 8. The van der Waals surface area contributed by atoms with E-state index in [4.69, 9.17) is 4.42 Å². The molecule has 2 aromatic heterocycles. The fourth-order valence-corrected chi connectivity index (χ4v) is 3.03. The van der Waals surface area contributed by atoms with Gasteiger partial charge in [-0.2, -0.15) is 0 Å². The average Bonchev–Trinajstić information content (AvgIpc) is 3.24. The molecule has 6 nitrogen and oxygen atoms in total. The molecule has 0 saturated carbocycles. The summed E-state index contributed by atoms with van der Waals surface area (Å²) in [4.78, 5) is 19.3. The van der Waals surface area contributed by atoms with Crippen LogP contribution in [0, 0.1) is 6.92 Å². The third-order valence-corrected chi connectivity index (χ3v) is 4.58. The Morgan fingerprint density at radius 3 is 2.70 bits per heavy atom. The molecule has 0 spiro atoms. The molecule has 0 aliphatic heterocycles. The first-order chi connectivity index (χ1) is 13.1. The highest BCUT2D eigenvalue weighted by atomic mass is 16.3. The van der Waals surface area contributed by atoms with Gasteiger partial charge in [0, 0.05) is 19.2 Å². The summed E-state index contributed by atoms with van der Waals surface area (Å²) in [7, 11) is 0. The van der Waals surface area contributed by atoms with Gasteiger partial charge in [0.2, 0.25) is 5.95 Å². The molecule has 3 rings (SSSR count). The van der Waals surface area contributed by atoms with E-state index in [9.17, 15) is 4.79 Å². The molecule has 0 aliphatic carbocycles. The number of nitrogens with one attached hydrogen (secondary N) is 1. The van der Waals surface area contributed by atoms with E-state index in [0.717, 1.165) is 43.0 Å². The number of aromatic nitrogens is 2. The highest BCUT2D eigenvalue weighted by molar-refractivity contribution is 6.01. The molecule has 3 aromatic rings. The number of imidazole rings is 1. The standard InChI is InChI=1S/C21H26N4O2/c1-4-24(5-2)14-15-25-19-9-7-6-8-18(19)22-21(25)23-20(26)13-12-17-11-10-16(3)27-17/h6-13H,4-5,14-15H2,1-3H3,(H,22,23,26)/b13-12+. The van der Waals surface area contributed by atoms with E-state index >= 15 is 0 Å². The third kappa shape index (κ3) is 4.65. The first kappa shape index (κ1) is 18.9. The van der Waals surface area contributed by atoms with E-state index in [0.29, 0.717) is 11.7 Å². The smallest absolute Gasteiger partial charge is 0.250 e. The Bertz CT molecular complexity index is 935. The zero-order chi connectivity index (χ0) is 19.2. The normalized spacial score (nSPS) is 11.7. The number of hydrogen-bond donors (Lipinski definition) is 1. The van der Waals surface area contributed by atoms with Crippen molar-refractivity contribution in [3.05, 3.63) is 54.0 Å². The molecule has 0 aliphatic rings. The summed E-state index contributed by atoms with van der Waals surface area (Å²) in [6.45, 7) is 9.83. The quantitative estimate of drug-likeness (QED) is 0.614. The fourth-order valence-electron chi connectivity index (χ4n) is 3.03. The predicted molar refractivity (Wildman–Crippen MR) is 109 cm³/mol. The summed E-state index contributed by atoms with van der Waals surface area (Å²) in [5, 5.41) is 2.90. The summed E-state index contributed by atoms with van der Waals surface area (Å²) in [6, 6.07) is 11.6. The lowest BCUT2D eigenvalue weighted by atomic mass is 10.3. The SMILES string of the molecule is CCN(CC)CCn1c(NC(=O)/C=C/c2ccc(C)o2)nc2ccccc21. The number of hydrogen-bond acceptors (Lipinski definition) is 4. The van der Waals surface area contributed by atoms with E-state index in [1.807, 2.05) is 43.3 Å². The number of carbonyl (C=O) groups excluding carboxylic acids is 1. The van der Waals surface area contributed by atoms with Crippen molar-refractivity contribution in [1.82, 2.24) is 14.5 Å². The highest BCUT2D eigenvalue weighted by Gasteiger charge is 2.13. The number of para-hydroxylation sites is 2. The lowest BCUT2D eigenvalue weighted by Crippen LogP contribution is -2.27. The number of nitrogens with zero attached hydrogens (tertiary/aromatic N) is 3. The summed E-state index contributed by atoms with van der Waals surface area (Å²) in [5.41, 5.74) is 1.89. The number of aryl methyl sites for hydroxylation is 1. The molecule has 0 radical (unpaired) electrons. The number of carbonyl (C=O) groups is 1. The van der Waals surface area contributed by atoms with Gasteiger partial charge < -0.3 is 13.9 Å². The minimum absolute atomic E-state index is 0.233. The Morgan fingerprint density at radius 1 is 1.22 bits per heavy atom. The van der Waals surface area contributed by atoms with Crippen LogP contribution in [-0.4, -0.2) is 40.0 Å². The van der Waals surface area contributed by atoms with Crippen LogP contribution in [0.2, 0.25) is 0 Å². The second-order valence-corrected chi connectivity index (χ2v) is 6.37. The van der Waals surface area contributed by atoms with Gasteiger partial charge in [-0.1, -0.05) is 26.0 Å². The van der Waals surface area contributed by atoms with Crippen molar-refractivity contribution in [1.29, 1.82) is 0 Å². The Labute approximate surface area is 159 Å². The van der Waals surface area contributed by atoms with Crippen molar-refractivity contribution in [3.63, 3.8) is 0 Å². The predicted octanol–water partition coefficient (Wildman–Crippen LogP) is 3.93. The Morgan fingerprint density at radius 2 is 2.00 bits per heavy atom. The van der Waals surface area contributed by atoms with Crippen LogP contribution in [0.5, 0.6) is 0 Å². The summed E-state index contributed by atoms with van der Waals surface area (Å²) in [6.07, 6.45) is 3.12.